The number of anilines is 2. The van der Waals surface area contributed by atoms with Crippen molar-refractivity contribution in [2.75, 3.05) is 50.5 Å². The zero-order chi connectivity index (χ0) is 12.0. The average Bonchev–Trinajstić information content (AvgIpc) is 2.81. The van der Waals surface area contributed by atoms with Gasteiger partial charge in [0.1, 0.15) is 0 Å². The molecule has 1 N–H and O–H groups in total. The van der Waals surface area contributed by atoms with Gasteiger partial charge in [0.2, 0.25) is 11.1 Å². The van der Waals surface area contributed by atoms with Crippen molar-refractivity contribution in [3.63, 3.8) is 0 Å². The van der Waals surface area contributed by atoms with Crippen LogP contribution in [-0.2, 0) is 0 Å². The Labute approximate surface area is 102 Å². The molecule has 0 bridgehead atoms. The summed E-state index contributed by atoms with van der Waals surface area (Å²) < 4.78 is 4.31. The van der Waals surface area contributed by atoms with Crippen molar-refractivity contribution in [3.8, 4) is 0 Å². The van der Waals surface area contributed by atoms with Crippen molar-refractivity contribution in [2.24, 2.45) is 0 Å². The van der Waals surface area contributed by atoms with E-state index >= 15 is 0 Å². The van der Waals surface area contributed by atoms with Gasteiger partial charge in [-0.1, -0.05) is 13.8 Å². The summed E-state index contributed by atoms with van der Waals surface area (Å²) >= 11 is 1.42. The van der Waals surface area contributed by atoms with Gasteiger partial charge in [0, 0.05) is 44.8 Å². The first-order chi connectivity index (χ1) is 7.79. The maximum Gasteiger partial charge on any atom is 0.239 e. The van der Waals surface area contributed by atoms with Crippen molar-refractivity contribution in [2.45, 2.75) is 13.8 Å². The molecule has 0 atom stereocenters. The topological polar surface area (TPSA) is 44.3 Å². The lowest BCUT2D eigenvalue weighted by Gasteiger charge is -2.31. The van der Waals surface area contributed by atoms with Gasteiger partial charge in [0.25, 0.3) is 0 Å². The van der Waals surface area contributed by atoms with E-state index in [4.69, 9.17) is 0 Å². The monoisotopic (exact) mass is 243 g/mol. The van der Waals surface area contributed by atoms with Crippen LogP contribution in [0.4, 0.5) is 11.1 Å². The molecule has 1 aromatic heterocycles. The van der Waals surface area contributed by atoms with Crippen LogP contribution in [-0.4, -0.2) is 54.5 Å². The highest BCUT2D eigenvalue weighted by Crippen LogP contribution is 2.18. The number of aromatic nitrogens is 2. The van der Waals surface area contributed by atoms with Crippen LogP contribution >= 0.6 is 11.5 Å². The third-order valence-electron chi connectivity index (χ3n) is 2.42. The normalized spacial score (nSPS) is 16.6. The van der Waals surface area contributed by atoms with Crippen LogP contribution < -0.4 is 10.2 Å². The van der Waals surface area contributed by atoms with Gasteiger partial charge in [-0.15, -0.1) is 0 Å². The largest absolute Gasteiger partial charge is 0.363 e. The minimum Gasteiger partial charge on any atom is -0.363 e. The number of rotatable bonds is 2. The predicted octanol–water partition coefficient (Wildman–Crippen LogP) is 1.36. The van der Waals surface area contributed by atoms with E-state index < -0.39 is 0 Å². The quantitative estimate of drug-likeness (QED) is 0.849. The third kappa shape index (κ3) is 3.31. The second kappa shape index (κ2) is 6.65. The van der Waals surface area contributed by atoms with Crippen LogP contribution in [0.2, 0.25) is 0 Å². The highest BCUT2D eigenvalue weighted by molar-refractivity contribution is 7.09. The average molecular weight is 243 g/mol. The molecule has 1 aromatic rings. The highest BCUT2D eigenvalue weighted by Gasteiger charge is 2.17. The highest BCUT2D eigenvalue weighted by atomic mass is 32.1. The summed E-state index contributed by atoms with van der Waals surface area (Å²) in [4.78, 5) is 8.94. The molecular formula is C10H21N5S. The molecule has 0 saturated carbocycles. The first-order valence-corrected chi connectivity index (χ1v) is 6.52. The number of hydrogen-bond acceptors (Lipinski definition) is 6. The molecule has 6 heteroatoms. The molecular weight excluding hydrogens is 222 g/mol. The molecule has 0 spiro atoms. The standard InChI is InChI=1S/C8H15N5S.C2H6/c1-9-8-10-7(11-14-8)13-5-3-12(2)4-6-13;1-2/h3-6H2,1-2H3,(H,9,10,11);1-2H3. The lowest BCUT2D eigenvalue weighted by atomic mass is 10.3. The van der Waals surface area contributed by atoms with E-state index in [1.54, 1.807) is 0 Å². The zero-order valence-corrected chi connectivity index (χ0v) is 11.3. The number of nitrogens with one attached hydrogen (secondary N) is 1. The number of hydrogen-bond donors (Lipinski definition) is 1. The van der Waals surface area contributed by atoms with Crippen molar-refractivity contribution in [3.05, 3.63) is 0 Å². The predicted molar refractivity (Wildman–Crippen MR) is 70.5 cm³/mol. The molecule has 92 valence electrons. The summed E-state index contributed by atoms with van der Waals surface area (Å²) in [5, 5.41) is 3.89. The molecule has 1 saturated heterocycles. The van der Waals surface area contributed by atoms with Crippen molar-refractivity contribution >= 4 is 22.6 Å². The van der Waals surface area contributed by atoms with E-state index in [-0.39, 0.29) is 0 Å². The van der Waals surface area contributed by atoms with Crippen LogP contribution in [0, 0.1) is 0 Å². The zero-order valence-electron chi connectivity index (χ0n) is 10.5. The van der Waals surface area contributed by atoms with Crippen molar-refractivity contribution in [1.82, 2.24) is 14.3 Å². The summed E-state index contributed by atoms with van der Waals surface area (Å²) in [7, 11) is 4.01. The van der Waals surface area contributed by atoms with Crippen molar-refractivity contribution < 1.29 is 0 Å². The number of likely N-dealkylation sites (N-methyl/N-ethyl adjacent to an activating group) is 1. The first-order valence-electron chi connectivity index (χ1n) is 5.74. The van der Waals surface area contributed by atoms with Crippen LogP contribution in [0.3, 0.4) is 0 Å². The molecule has 2 rings (SSSR count). The number of piperazine rings is 1. The van der Waals surface area contributed by atoms with Crippen LogP contribution in [0.5, 0.6) is 0 Å². The SMILES string of the molecule is CC.CNc1nc(N2CCN(C)CC2)ns1. The van der Waals surface area contributed by atoms with Gasteiger partial charge in [0.05, 0.1) is 0 Å². The maximum atomic E-state index is 4.38. The smallest absolute Gasteiger partial charge is 0.239 e. The van der Waals surface area contributed by atoms with Crippen molar-refractivity contribution in [1.29, 1.82) is 0 Å². The Kier molecular flexibility index (Phi) is 5.48. The fourth-order valence-corrected chi connectivity index (χ4v) is 1.99. The minimum atomic E-state index is 0.868. The Hall–Kier alpha value is -0.880. The Balaban J connectivity index is 0.000000606. The van der Waals surface area contributed by atoms with E-state index in [0.717, 1.165) is 37.3 Å². The van der Waals surface area contributed by atoms with Gasteiger partial charge in [-0.05, 0) is 7.05 Å². The molecule has 5 nitrogen and oxygen atoms in total. The van der Waals surface area contributed by atoms with Gasteiger partial charge >= 0.3 is 0 Å². The Morgan fingerprint density at radius 3 is 2.31 bits per heavy atom. The lowest BCUT2D eigenvalue weighted by Crippen LogP contribution is -2.44. The van der Waals surface area contributed by atoms with Gasteiger partial charge in [-0.25, -0.2) is 0 Å². The molecule has 1 aliphatic heterocycles. The maximum absolute atomic E-state index is 4.38. The van der Waals surface area contributed by atoms with Crippen LogP contribution in [0.15, 0.2) is 0 Å². The van der Waals surface area contributed by atoms with Gasteiger partial charge in [0.15, 0.2) is 0 Å². The second-order valence-corrected chi connectivity index (χ2v) is 4.19. The Morgan fingerprint density at radius 1 is 1.19 bits per heavy atom. The third-order valence-corrected chi connectivity index (χ3v) is 3.14. The van der Waals surface area contributed by atoms with Gasteiger partial charge in [-0.3, -0.25) is 0 Å². The van der Waals surface area contributed by atoms with Gasteiger partial charge < -0.3 is 15.1 Å². The molecule has 0 unspecified atom stereocenters. The Morgan fingerprint density at radius 2 is 1.81 bits per heavy atom. The van der Waals surface area contributed by atoms with E-state index in [9.17, 15) is 0 Å². The molecule has 16 heavy (non-hydrogen) atoms. The summed E-state index contributed by atoms with van der Waals surface area (Å²) in [6.07, 6.45) is 0. The van der Waals surface area contributed by atoms with Gasteiger partial charge in [-0.2, -0.15) is 9.36 Å². The summed E-state index contributed by atoms with van der Waals surface area (Å²) in [5.41, 5.74) is 0. The van der Waals surface area contributed by atoms with E-state index in [2.05, 4.69) is 31.5 Å². The summed E-state index contributed by atoms with van der Waals surface area (Å²) in [6.45, 7) is 8.23. The Bertz CT molecular complexity index is 293. The van der Waals surface area contributed by atoms with E-state index in [1.807, 2.05) is 20.9 Å². The van der Waals surface area contributed by atoms with Crippen LogP contribution in [0.25, 0.3) is 0 Å². The number of nitrogens with zero attached hydrogens (tertiary/aromatic N) is 4. The fourth-order valence-electron chi connectivity index (χ4n) is 1.45. The molecule has 1 aliphatic rings. The van der Waals surface area contributed by atoms with E-state index in [0.29, 0.717) is 0 Å². The molecule has 0 aliphatic carbocycles. The molecule has 0 aromatic carbocycles. The minimum absolute atomic E-state index is 0.868. The summed E-state index contributed by atoms with van der Waals surface area (Å²) in [6, 6.07) is 0. The molecule has 0 radical (unpaired) electrons. The fraction of sp³-hybridized carbons (Fsp3) is 0.800. The lowest BCUT2D eigenvalue weighted by molar-refractivity contribution is 0.311. The molecule has 1 fully saturated rings. The first kappa shape index (κ1) is 13.2. The molecule has 0 amide bonds. The second-order valence-electron chi connectivity index (χ2n) is 3.44. The van der Waals surface area contributed by atoms with E-state index in [1.165, 1.54) is 11.5 Å². The summed E-state index contributed by atoms with van der Waals surface area (Å²) in [5.74, 6) is 0.868. The van der Waals surface area contributed by atoms with Crippen LogP contribution in [0.1, 0.15) is 13.8 Å². The molecule has 2 heterocycles.